The zero-order valence-electron chi connectivity index (χ0n) is 16.5. The van der Waals surface area contributed by atoms with Crippen molar-refractivity contribution in [3.63, 3.8) is 0 Å². The van der Waals surface area contributed by atoms with Gasteiger partial charge in [-0.1, -0.05) is 25.1 Å². The van der Waals surface area contributed by atoms with E-state index in [1.54, 1.807) is 29.2 Å². The van der Waals surface area contributed by atoms with Crippen LogP contribution < -0.4 is 15.5 Å². The lowest BCUT2D eigenvalue weighted by atomic mass is 10.1. The van der Waals surface area contributed by atoms with Crippen LogP contribution in [0, 0.1) is 0 Å². The number of carbonyl (C=O) groups excluding carboxylic acids is 1. The molecule has 29 heavy (non-hydrogen) atoms. The van der Waals surface area contributed by atoms with Gasteiger partial charge in [0.1, 0.15) is 0 Å². The first kappa shape index (κ1) is 21.3. The lowest BCUT2D eigenvalue weighted by Crippen LogP contribution is -2.32. The molecule has 1 saturated heterocycles. The maximum absolute atomic E-state index is 12.0. The number of hydrogen-bond donors (Lipinski definition) is 2. The SMILES string of the molecule is CC[C@@H](NC(=S)Nc1cccc(N2CCCC2=O)c1)c1ccc(S(C)(=O)=O)cc1. The molecule has 0 saturated carbocycles. The predicted molar refractivity (Wildman–Crippen MR) is 120 cm³/mol. The molecule has 0 radical (unpaired) electrons. The van der Waals surface area contributed by atoms with Gasteiger partial charge in [-0.2, -0.15) is 0 Å². The lowest BCUT2D eigenvalue weighted by Gasteiger charge is -2.21. The van der Waals surface area contributed by atoms with Crippen molar-refractivity contribution in [1.29, 1.82) is 0 Å². The molecule has 0 aliphatic carbocycles. The van der Waals surface area contributed by atoms with Crippen LogP contribution in [0.1, 0.15) is 37.8 Å². The summed E-state index contributed by atoms with van der Waals surface area (Å²) in [5.41, 5.74) is 2.63. The van der Waals surface area contributed by atoms with Gasteiger partial charge in [0, 0.05) is 30.6 Å². The third-order valence-corrected chi connectivity index (χ3v) is 6.26. The van der Waals surface area contributed by atoms with Crippen LogP contribution in [0.15, 0.2) is 53.4 Å². The Morgan fingerprint density at radius 2 is 1.93 bits per heavy atom. The Morgan fingerprint density at radius 1 is 1.21 bits per heavy atom. The fraction of sp³-hybridized carbons (Fsp3) is 0.333. The minimum absolute atomic E-state index is 0.0491. The summed E-state index contributed by atoms with van der Waals surface area (Å²) in [5, 5.41) is 6.92. The summed E-state index contributed by atoms with van der Waals surface area (Å²) in [5.74, 6) is 0.145. The Kier molecular flexibility index (Phi) is 6.54. The Morgan fingerprint density at radius 3 is 2.52 bits per heavy atom. The lowest BCUT2D eigenvalue weighted by molar-refractivity contribution is -0.117. The number of amides is 1. The molecule has 2 aromatic rings. The van der Waals surface area contributed by atoms with Crippen molar-refractivity contribution in [2.45, 2.75) is 37.1 Å². The first-order valence-corrected chi connectivity index (χ1v) is 11.9. The molecule has 0 unspecified atom stereocenters. The van der Waals surface area contributed by atoms with Gasteiger partial charge in [-0.3, -0.25) is 4.79 Å². The molecule has 1 heterocycles. The topological polar surface area (TPSA) is 78.5 Å². The van der Waals surface area contributed by atoms with Gasteiger partial charge in [0.2, 0.25) is 5.91 Å². The molecule has 3 rings (SSSR count). The van der Waals surface area contributed by atoms with Crippen molar-refractivity contribution in [3.8, 4) is 0 Å². The van der Waals surface area contributed by atoms with Gasteiger partial charge in [-0.25, -0.2) is 8.42 Å². The molecular weight excluding hydrogens is 406 g/mol. The van der Waals surface area contributed by atoms with E-state index in [9.17, 15) is 13.2 Å². The second kappa shape index (κ2) is 8.92. The molecule has 1 aliphatic rings. The third-order valence-electron chi connectivity index (χ3n) is 4.91. The first-order valence-electron chi connectivity index (χ1n) is 9.56. The minimum atomic E-state index is -3.22. The third kappa shape index (κ3) is 5.33. The number of thiocarbonyl (C=S) groups is 1. The zero-order valence-corrected chi connectivity index (χ0v) is 18.1. The molecule has 1 amide bonds. The van der Waals surface area contributed by atoms with E-state index >= 15 is 0 Å². The number of sulfone groups is 1. The van der Waals surface area contributed by atoms with Crippen molar-refractivity contribution < 1.29 is 13.2 Å². The fourth-order valence-corrected chi connectivity index (χ4v) is 4.26. The van der Waals surface area contributed by atoms with E-state index in [-0.39, 0.29) is 11.9 Å². The number of carbonyl (C=O) groups is 1. The summed E-state index contributed by atoms with van der Waals surface area (Å²) in [6.45, 7) is 2.77. The molecule has 8 heteroatoms. The molecule has 1 aliphatic heterocycles. The Labute approximate surface area is 177 Å². The summed E-state index contributed by atoms with van der Waals surface area (Å²) < 4.78 is 23.3. The second-order valence-electron chi connectivity index (χ2n) is 7.10. The van der Waals surface area contributed by atoms with Crippen LogP contribution in [0.4, 0.5) is 11.4 Å². The van der Waals surface area contributed by atoms with E-state index in [2.05, 4.69) is 10.6 Å². The highest BCUT2D eigenvalue weighted by Gasteiger charge is 2.21. The molecule has 2 aromatic carbocycles. The minimum Gasteiger partial charge on any atom is -0.356 e. The molecule has 0 bridgehead atoms. The summed E-state index contributed by atoms with van der Waals surface area (Å²) in [7, 11) is -3.22. The Bertz CT molecular complexity index is 1000. The number of hydrogen-bond acceptors (Lipinski definition) is 4. The molecule has 6 nitrogen and oxygen atoms in total. The summed E-state index contributed by atoms with van der Waals surface area (Å²) in [6, 6.07) is 14.4. The van der Waals surface area contributed by atoms with E-state index < -0.39 is 9.84 Å². The molecular formula is C21H25N3O3S2. The maximum atomic E-state index is 12.0. The van der Waals surface area contributed by atoms with Crippen LogP contribution >= 0.6 is 12.2 Å². The zero-order chi connectivity index (χ0) is 21.0. The molecule has 1 atom stereocenters. The van der Waals surface area contributed by atoms with Crippen molar-refractivity contribution >= 4 is 44.4 Å². The predicted octanol–water partition coefficient (Wildman–Crippen LogP) is 3.65. The van der Waals surface area contributed by atoms with Gasteiger partial charge < -0.3 is 15.5 Å². The Balaban J connectivity index is 1.67. The number of nitrogens with one attached hydrogen (secondary N) is 2. The highest BCUT2D eigenvalue weighted by Crippen LogP contribution is 2.25. The van der Waals surface area contributed by atoms with Gasteiger partial charge in [-0.05, 0) is 61.0 Å². The van der Waals surface area contributed by atoms with Gasteiger partial charge >= 0.3 is 0 Å². The van der Waals surface area contributed by atoms with E-state index in [0.29, 0.717) is 16.4 Å². The summed E-state index contributed by atoms with van der Waals surface area (Å²) >= 11 is 5.47. The standard InChI is InChI=1S/C21H25N3O3S2/c1-3-19(15-9-11-18(12-10-15)29(2,26)27)23-21(28)22-16-6-4-7-17(14-16)24-13-5-8-20(24)25/h4,6-7,9-12,14,19H,3,5,8,13H2,1-2H3,(H2,22,23,28)/t19-/m1/s1. The molecule has 1 fully saturated rings. The van der Waals surface area contributed by atoms with Gasteiger partial charge in [0.05, 0.1) is 10.9 Å². The largest absolute Gasteiger partial charge is 0.356 e. The van der Waals surface area contributed by atoms with Crippen molar-refractivity contribution in [2.24, 2.45) is 0 Å². The van der Waals surface area contributed by atoms with Crippen molar-refractivity contribution in [1.82, 2.24) is 5.32 Å². The second-order valence-corrected chi connectivity index (χ2v) is 9.52. The van der Waals surface area contributed by atoms with E-state index in [1.165, 1.54) is 6.26 Å². The van der Waals surface area contributed by atoms with Crippen molar-refractivity contribution in [2.75, 3.05) is 23.0 Å². The van der Waals surface area contributed by atoms with Crippen LogP contribution in [-0.4, -0.2) is 32.2 Å². The fourth-order valence-electron chi connectivity index (χ4n) is 3.37. The number of benzene rings is 2. The van der Waals surface area contributed by atoms with Crippen LogP contribution in [0.5, 0.6) is 0 Å². The van der Waals surface area contributed by atoms with Gasteiger partial charge in [0.15, 0.2) is 14.9 Å². The molecule has 2 N–H and O–H groups in total. The van der Waals surface area contributed by atoms with Crippen LogP contribution in [-0.2, 0) is 14.6 Å². The summed E-state index contributed by atoms with van der Waals surface area (Å²) in [4.78, 5) is 14.1. The number of nitrogens with zero attached hydrogens (tertiary/aromatic N) is 1. The highest BCUT2D eigenvalue weighted by atomic mass is 32.2. The van der Waals surface area contributed by atoms with Crippen LogP contribution in [0.3, 0.4) is 0 Å². The normalized spacial score (nSPS) is 15.2. The first-order chi connectivity index (χ1) is 13.8. The molecule has 0 spiro atoms. The van der Waals surface area contributed by atoms with Gasteiger partial charge in [0.25, 0.3) is 0 Å². The smallest absolute Gasteiger partial charge is 0.227 e. The molecule has 154 valence electrons. The highest BCUT2D eigenvalue weighted by molar-refractivity contribution is 7.90. The summed E-state index contributed by atoms with van der Waals surface area (Å²) in [6.07, 6.45) is 3.45. The Hall–Kier alpha value is -2.45. The quantitative estimate of drug-likeness (QED) is 0.680. The average molecular weight is 432 g/mol. The average Bonchev–Trinajstić information content (AvgIpc) is 3.12. The van der Waals surface area contributed by atoms with E-state index in [0.717, 1.165) is 36.3 Å². The van der Waals surface area contributed by atoms with E-state index in [1.807, 2.05) is 31.2 Å². The van der Waals surface area contributed by atoms with Crippen LogP contribution in [0.2, 0.25) is 0 Å². The molecule has 0 aromatic heterocycles. The van der Waals surface area contributed by atoms with Crippen LogP contribution in [0.25, 0.3) is 0 Å². The maximum Gasteiger partial charge on any atom is 0.227 e. The van der Waals surface area contributed by atoms with Gasteiger partial charge in [-0.15, -0.1) is 0 Å². The van der Waals surface area contributed by atoms with E-state index in [4.69, 9.17) is 12.2 Å². The van der Waals surface area contributed by atoms with Crippen molar-refractivity contribution in [3.05, 3.63) is 54.1 Å². The monoisotopic (exact) mass is 431 g/mol. The number of anilines is 2. The number of rotatable bonds is 6.